The fourth-order valence-corrected chi connectivity index (χ4v) is 2.11. The number of benzene rings is 1. The van der Waals surface area contributed by atoms with E-state index in [0.717, 1.165) is 9.26 Å². The van der Waals surface area contributed by atoms with E-state index in [9.17, 15) is 4.79 Å². The molecule has 0 radical (unpaired) electrons. The summed E-state index contributed by atoms with van der Waals surface area (Å²) in [5.41, 5.74) is 0.812. The van der Waals surface area contributed by atoms with Gasteiger partial charge in [0.15, 0.2) is 0 Å². The van der Waals surface area contributed by atoms with Gasteiger partial charge in [-0.2, -0.15) is 0 Å². The number of rotatable bonds is 3. The van der Waals surface area contributed by atoms with Gasteiger partial charge in [-0.05, 0) is 46.9 Å². The monoisotopic (exact) mass is 380 g/mol. The van der Waals surface area contributed by atoms with Gasteiger partial charge in [-0.15, -0.1) is 0 Å². The van der Waals surface area contributed by atoms with Crippen molar-refractivity contribution in [3.8, 4) is 0 Å². The Kier molecular flexibility index (Phi) is 6.21. The van der Waals surface area contributed by atoms with Crippen LogP contribution in [-0.4, -0.2) is 35.0 Å². The minimum Gasteiger partial charge on any atom is -0.364 e. The van der Waals surface area contributed by atoms with E-state index in [1.54, 1.807) is 0 Å². The maximum Gasteiger partial charge on any atom is 0.234 e. The molecule has 0 bridgehead atoms. The van der Waals surface area contributed by atoms with Crippen molar-refractivity contribution in [2.75, 3.05) is 25.2 Å². The molecule has 0 aliphatic rings. The number of carbonyl (C=O) groups is 1. The van der Waals surface area contributed by atoms with E-state index in [-0.39, 0.29) is 5.91 Å². The van der Waals surface area contributed by atoms with E-state index in [0.29, 0.717) is 10.1 Å². The summed E-state index contributed by atoms with van der Waals surface area (Å²) in [6, 6.07) is 7.67. The predicted molar refractivity (Wildman–Crippen MR) is 86.5 cm³/mol. The lowest BCUT2D eigenvalue weighted by molar-refractivity contribution is -0.113. The zero-order valence-electron chi connectivity index (χ0n) is 9.57. The molecule has 0 unspecified atom stereocenters. The smallest absolute Gasteiger partial charge is 0.234 e. The Hall–Kier alpha value is -0.340. The lowest BCUT2D eigenvalue weighted by Gasteiger charge is -2.12. The number of hydrogen-bond acceptors (Lipinski definition) is 3. The van der Waals surface area contributed by atoms with Crippen LogP contribution >= 0.6 is 46.6 Å². The number of halogens is 1. The summed E-state index contributed by atoms with van der Waals surface area (Å²) in [5, 5.41) is 2.82. The molecule has 3 nitrogen and oxygen atoms in total. The van der Waals surface area contributed by atoms with Crippen molar-refractivity contribution in [3.63, 3.8) is 0 Å². The third-order valence-electron chi connectivity index (χ3n) is 1.82. The van der Waals surface area contributed by atoms with Crippen LogP contribution in [0, 0.1) is 3.57 Å². The first kappa shape index (κ1) is 14.7. The molecule has 1 rings (SSSR count). The fourth-order valence-electron chi connectivity index (χ4n) is 0.987. The molecule has 17 heavy (non-hydrogen) atoms. The van der Waals surface area contributed by atoms with Crippen LogP contribution in [0.3, 0.4) is 0 Å². The minimum absolute atomic E-state index is 0.0413. The zero-order valence-corrected chi connectivity index (χ0v) is 13.4. The lowest BCUT2D eigenvalue weighted by Crippen LogP contribution is -2.20. The average Bonchev–Trinajstić information content (AvgIpc) is 2.29. The van der Waals surface area contributed by atoms with Gasteiger partial charge in [0.2, 0.25) is 5.91 Å². The summed E-state index contributed by atoms with van der Waals surface area (Å²) < 4.78 is 1.85. The molecule has 0 aliphatic heterocycles. The number of anilines is 1. The van der Waals surface area contributed by atoms with E-state index in [1.807, 2.05) is 43.3 Å². The molecule has 0 fully saturated rings. The zero-order chi connectivity index (χ0) is 12.8. The average molecular weight is 380 g/mol. The Balaban J connectivity index is 2.40. The summed E-state index contributed by atoms with van der Waals surface area (Å²) in [7, 11) is 3.73. The molecule has 1 N–H and O–H groups in total. The third kappa shape index (κ3) is 5.69. The maximum atomic E-state index is 11.6. The van der Waals surface area contributed by atoms with Crippen molar-refractivity contribution in [2.24, 2.45) is 0 Å². The predicted octanol–water partition coefficient (Wildman–Crippen LogP) is 2.81. The van der Waals surface area contributed by atoms with Crippen LogP contribution < -0.4 is 5.32 Å². The summed E-state index contributed by atoms with van der Waals surface area (Å²) in [4.78, 5) is 13.4. The maximum absolute atomic E-state index is 11.6. The molecular formula is C11H13IN2OS2. The standard InChI is InChI=1S/C11H13IN2OS2/c1-14(2)11(16)17-7-10(15)13-9-5-3-8(12)4-6-9/h3-6H,7H2,1-2H3,(H,13,15). The molecule has 0 spiro atoms. The number of hydrogen-bond donors (Lipinski definition) is 1. The molecule has 1 amide bonds. The van der Waals surface area contributed by atoms with Crippen molar-refractivity contribution >= 4 is 62.5 Å². The van der Waals surface area contributed by atoms with Gasteiger partial charge < -0.3 is 10.2 Å². The molecule has 92 valence electrons. The van der Waals surface area contributed by atoms with Crippen LogP contribution in [0.2, 0.25) is 0 Å². The van der Waals surface area contributed by atoms with Gasteiger partial charge in [-0.1, -0.05) is 24.0 Å². The number of thiocarbonyl (C=S) groups is 1. The SMILES string of the molecule is CN(C)C(=S)SCC(=O)Nc1ccc(I)cc1. The van der Waals surface area contributed by atoms with Gasteiger partial charge in [-0.25, -0.2) is 0 Å². The number of carbonyl (C=O) groups excluding carboxylic acids is 1. The molecule has 6 heteroatoms. The molecule has 0 heterocycles. The van der Waals surface area contributed by atoms with E-state index < -0.39 is 0 Å². The van der Waals surface area contributed by atoms with Gasteiger partial charge in [-0.3, -0.25) is 4.79 Å². The molecule has 0 saturated carbocycles. The largest absolute Gasteiger partial charge is 0.364 e. The van der Waals surface area contributed by atoms with Crippen molar-refractivity contribution in [3.05, 3.63) is 27.8 Å². The summed E-state index contributed by atoms with van der Waals surface area (Å²) in [6.07, 6.45) is 0. The van der Waals surface area contributed by atoms with E-state index in [2.05, 4.69) is 27.9 Å². The highest BCUT2D eigenvalue weighted by Gasteiger charge is 2.06. The van der Waals surface area contributed by atoms with Crippen LogP contribution in [0.15, 0.2) is 24.3 Å². The fraction of sp³-hybridized carbons (Fsp3) is 0.273. The van der Waals surface area contributed by atoms with E-state index >= 15 is 0 Å². The first-order valence-electron chi connectivity index (χ1n) is 4.88. The summed E-state index contributed by atoms with van der Waals surface area (Å²) >= 11 is 8.67. The Bertz CT molecular complexity index is 406. The van der Waals surface area contributed by atoms with Crippen molar-refractivity contribution in [1.82, 2.24) is 4.90 Å². The Morgan fingerprint density at radius 3 is 2.53 bits per heavy atom. The molecule has 1 aromatic carbocycles. The van der Waals surface area contributed by atoms with Gasteiger partial charge in [0.05, 0.1) is 5.75 Å². The van der Waals surface area contributed by atoms with Gasteiger partial charge >= 0.3 is 0 Å². The highest BCUT2D eigenvalue weighted by Crippen LogP contribution is 2.12. The number of amides is 1. The van der Waals surface area contributed by atoms with Crippen LogP contribution in [0.4, 0.5) is 5.69 Å². The second-order valence-electron chi connectivity index (χ2n) is 3.50. The topological polar surface area (TPSA) is 32.3 Å². The van der Waals surface area contributed by atoms with E-state index in [1.165, 1.54) is 11.8 Å². The second-order valence-corrected chi connectivity index (χ2v) is 6.36. The Labute approximate surface area is 124 Å². The molecular weight excluding hydrogens is 367 g/mol. The quantitative estimate of drug-likeness (QED) is 0.646. The normalized spacial score (nSPS) is 9.82. The van der Waals surface area contributed by atoms with Crippen LogP contribution in [0.1, 0.15) is 0 Å². The van der Waals surface area contributed by atoms with Crippen molar-refractivity contribution < 1.29 is 4.79 Å². The molecule has 0 aliphatic carbocycles. The van der Waals surface area contributed by atoms with Gasteiger partial charge in [0, 0.05) is 23.4 Å². The lowest BCUT2D eigenvalue weighted by atomic mass is 10.3. The molecule has 0 atom stereocenters. The van der Waals surface area contributed by atoms with Crippen LogP contribution in [-0.2, 0) is 4.79 Å². The molecule has 0 saturated heterocycles. The summed E-state index contributed by atoms with van der Waals surface area (Å²) in [5.74, 6) is 0.295. The summed E-state index contributed by atoms with van der Waals surface area (Å²) in [6.45, 7) is 0. The van der Waals surface area contributed by atoms with Crippen molar-refractivity contribution in [1.29, 1.82) is 0 Å². The number of nitrogens with one attached hydrogen (secondary N) is 1. The highest BCUT2D eigenvalue weighted by atomic mass is 127. The Morgan fingerprint density at radius 1 is 1.41 bits per heavy atom. The number of nitrogens with zero attached hydrogens (tertiary/aromatic N) is 1. The second kappa shape index (κ2) is 7.17. The van der Waals surface area contributed by atoms with Crippen LogP contribution in [0.5, 0.6) is 0 Å². The molecule has 1 aromatic rings. The van der Waals surface area contributed by atoms with E-state index in [4.69, 9.17) is 12.2 Å². The van der Waals surface area contributed by atoms with Gasteiger partial charge in [0.1, 0.15) is 4.32 Å². The molecule has 0 aromatic heterocycles. The minimum atomic E-state index is -0.0413. The number of thioether (sulfide) groups is 1. The first-order valence-corrected chi connectivity index (χ1v) is 7.36. The Morgan fingerprint density at radius 2 is 2.00 bits per heavy atom. The van der Waals surface area contributed by atoms with Crippen molar-refractivity contribution in [2.45, 2.75) is 0 Å². The van der Waals surface area contributed by atoms with Gasteiger partial charge in [0.25, 0.3) is 0 Å². The third-order valence-corrected chi connectivity index (χ3v) is 4.28. The highest BCUT2D eigenvalue weighted by molar-refractivity contribution is 14.1. The first-order chi connectivity index (χ1) is 7.99. The van der Waals surface area contributed by atoms with Crippen LogP contribution in [0.25, 0.3) is 0 Å².